The second-order valence-electron chi connectivity index (χ2n) is 8.81. The Kier molecular flexibility index (Phi) is 4.73. The summed E-state index contributed by atoms with van der Waals surface area (Å²) in [4.78, 5) is 29.8. The first-order valence-corrected chi connectivity index (χ1v) is 10.9. The third-order valence-corrected chi connectivity index (χ3v) is 7.13. The summed E-state index contributed by atoms with van der Waals surface area (Å²) < 4.78 is 5.84. The Morgan fingerprint density at radius 1 is 1.00 bits per heavy atom. The van der Waals surface area contributed by atoms with Gasteiger partial charge in [0.1, 0.15) is 0 Å². The Balaban J connectivity index is 1.30. The van der Waals surface area contributed by atoms with E-state index in [-0.39, 0.29) is 12.0 Å². The van der Waals surface area contributed by atoms with Crippen LogP contribution in [0.2, 0.25) is 5.02 Å². The number of hydrogen-bond donors (Lipinski definition) is 0. The molecule has 5 nitrogen and oxygen atoms in total. The van der Waals surface area contributed by atoms with E-state index in [4.69, 9.17) is 16.3 Å². The third kappa shape index (κ3) is 3.25. The molecule has 0 unspecified atom stereocenters. The number of carbonyl (C=O) groups is 2. The van der Waals surface area contributed by atoms with Crippen LogP contribution in [0.1, 0.15) is 36.8 Å². The molecular formula is C24H25ClN2O3. The van der Waals surface area contributed by atoms with Gasteiger partial charge in [-0.15, -0.1) is 0 Å². The second-order valence-corrected chi connectivity index (χ2v) is 9.25. The summed E-state index contributed by atoms with van der Waals surface area (Å²) in [6, 6.07) is 17.6. The molecule has 2 aliphatic heterocycles. The Morgan fingerprint density at radius 3 is 2.40 bits per heavy atom. The first-order valence-electron chi connectivity index (χ1n) is 10.6. The fourth-order valence-electron chi connectivity index (χ4n) is 5.08. The van der Waals surface area contributed by atoms with Crippen molar-refractivity contribution in [2.45, 2.75) is 43.2 Å². The topological polar surface area (TPSA) is 49.9 Å². The summed E-state index contributed by atoms with van der Waals surface area (Å²) in [6.45, 7) is 2.15. The molecule has 2 aromatic rings. The molecule has 0 aromatic heterocycles. The maximum atomic E-state index is 13.6. The minimum absolute atomic E-state index is 0.158. The highest BCUT2D eigenvalue weighted by molar-refractivity contribution is 6.30. The number of hydrogen-bond acceptors (Lipinski definition) is 3. The third-order valence-electron chi connectivity index (χ3n) is 6.87. The number of halogens is 1. The number of rotatable bonds is 4. The molecule has 3 fully saturated rings. The van der Waals surface area contributed by atoms with E-state index in [2.05, 4.69) is 0 Å². The molecule has 3 aliphatic rings. The summed E-state index contributed by atoms with van der Waals surface area (Å²) in [5.74, 6) is 0.158. The van der Waals surface area contributed by atoms with Crippen molar-refractivity contribution in [2.75, 3.05) is 19.6 Å². The van der Waals surface area contributed by atoms with Crippen LogP contribution in [-0.4, -0.2) is 47.0 Å². The minimum Gasteiger partial charge on any atom is -0.439 e. The molecule has 6 heteroatoms. The number of carbonyl (C=O) groups excluding carboxylic acids is 2. The van der Waals surface area contributed by atoms with Crippen molar-refractivity contribution in [1.29, 1.82) is 0 Å². The Morgan fingerprint density at radius 2 is 1.73 bits per heavy atom. The second kappa shape index (κ2) is 7.31. The van der Waals surface area contributed by atoms with Gasteiger partial charge in [-0.2, -0.15) is 0 Å². The zero-order valence-corrected chi connectivity index (χ0v) is 17.6. The predicted molar refractivity (Wildman–Crippen MR) is 114 cm³/mol. The molecule has 156 valence electrons. The van der Waals surface area contributed by atoms with E-state index < -0.39 is 11.0 Å². The zero-order chi connectivity index (χ0) is 20.8. The van der Waals surface area contributed by atoms with Crippen molar-refractivity contribution in [2.24, 2.45) is 0 Å². The maximum absolute atomic E-state index is 13.6. The monoisotopic (exact) mass is 424 g/mol. The van der Waals surface area contributed by atoms with Gasteiger partial charge in [-0.25, -0.2) is 4.79 Å². The average Bonchev–Trinajstić information content (AvgIpc) is 3.25. The van der Waals surface area contributed by atoms with Gasteiger partial charge in [0, 0.05) is 24.5 Å². The predicted octanol–water partition coefficient (Wildman–Crippen LogP) is 4.39. The van der Waals surface area contributed by atoms with Crippen LogP contribution in [0.5, 0.6) is 0 Å². The molecule has 1 saturated carbocycles. The van der Waals surface area contributed by atoms with Gasteiger partial charge in [-0.1, -0.05) is 60.5 Å². The Hall–Kier alpha value is -2.53. The lowest BCUT2D eigenvalue weighted by atomic mass is 9.63. The fourth-order valence-corrected chi connectivity index (χ4v) is 5.20. The first-order chi connectivity index (χ1) is 14.5. The molecule has 2 saturated heterocycles. The van der Waals surface area contributed by atoms with Crippen molar-refractivity contribution in [1.82, 2.24) is 9.80 Å². The summed E-state index contributed by atoms with van der Waals surface area (Å²) in [7, 11) is 0. The van der Waals surface area contributed by atoms with Gasteiger partial charge >= 0.3 is 6.09 Å². The largest absolute Gasteiger partial charge is 0.439 e. The quantitative estimate of drug-likeness (QED) is 0.731. The van der Waals surface area contributed by atoms with Crippen molar-refractivity contribution in [3.8, 4) is 0 Å². The highest BCUT2D eigenvalue weighted by Gasteiger charge is 2.54. The van der Waals surface area contributed by atoms with E-state index in [1.807, 2.05) is 59.5 Å². The zero-order valence-electron chi connectivity index (χ0n) is 16.9. The minimum atomic E-state index is -0.591. The molecule has 5 rings (SSSR count). The summed E-state index contributed by atoms with van der Waals surface area (Å²) in [5, 5.41) is 0.678. The van der Waals surface area contributed by atoms with Crippen LogP contribution in [0.4, 0.5) is 4.79 Å². The van der Waals surface area contributed by atoms with Crippen LogP contribution in [0, 0.1) is 0 Å². The molecule has 0 radical (unpaired) electrons. The van der Waals surface area contributed by atoms with Gasteiger partial charge in [0.15, 0.2) is 5.60 Å². The molecule has 0 bridgehead atoms. The molecule has 2 amide bonds. The maximum Gasteiger partial charge on any atom is 0.410 e. The number of amides is 2. The van der Waals surface area contributed by atoms with E-state index in [0.717, 1.165) is 30.4 Å². The summed E-state index contributed by atoms with van der Waals surface area (Å²) >= 11 is 6.05. The summed E-state index contributed by atoms with van der Waals surface area (Å²) in [6.07, 6.45) is 3.16. The lowest BCUT2D eigenvalue weighted by Crippen LogP contribution is -2.51. The number of nitrogens with zero attached hydrogens (tertiary/aromatic N) is 2. The van der Waals surface area contributed by atoms with Gasteiger partial charge in [0.2, 0.25) is 5.91 Å². The van der Waals surface area contributed by atoms with Crippen molar-refractivity contribution in [3.63, 3.8) is 0 Å². The molecule has 1 aliphatic carbocycles. The highest BCUT2D eigenvalue weighted by atomic mass is 35.5. The van der Waals surface area contributed by atoms with E-state index in [0.29, 0.717) is 37.6 Å². The van der Waals surface area contributed by atoms with E-state index in [1.54, 1.807) is 4.90 Å². The van der Waals surface area contributed by atoms with Crippen LogP contribution in [-0.2, 0) is 21.5 Å². The molecule has 2 aromatic carbocycles. The smallest absolute Gasteiger partial charge is 0.410 e. The van der Waals surface area contributed by atoms with Gasteiger partial charge in [-0.05, 0) is 36.1 Å². The number of likely N-dealkylation sites (tertiary alicyclic amines) is 1. The Labute approximate surface area is 181 Å². The van der Waals surface area contributed by atoms with E-state index in [1.165, 1.54) is 0 Å². The Bertz CT molecular complexity index is 958. The van der Waals surface area contributed by atoms with Crippen molar-refractivity contribution >= 4 is 23.6 Å². The van der Waals surface area contributed by atoms with Gasteiger partial charge in [0.25, 0.3) is 0 Å². The van der Waals surface area contributed by atoms with Crippen molar-refractivity contribution in [3.05, 3.63) is 70.7 Å². The molecular weight excluding hydrogens is 400 g/mol. The van der Waals surface area contributed by atoms with E-state index in [9.17, 15) is 9.59 Å². The number of benzene rings is 2. The summed E-state index contributed by atoms with van der Waals surface area (Å²) in [5.41, 5.74) is 1.07. The van der Waals surface area contributed by atoms with Crippen LogP contribution >= 0.6 is 11.6 Å². The molecule has 0 N–H and O–H groups in total. The standard InChI is InChI=1S/C24H25ClN2O3/c25-20-9-7-19(8-10-20)24(11-4-12-24)21(28)26-14-13-23(16-26)17-27(22(29)30-23)15-18-5-2-1-3-6-18/h1-3,5-10H,4,11-17H2/t23-/m0/s1. The van der Waals surface area contributed by atoms with Gasteiger partial charge in [0.05, 0.1) is 18.5 Å². The molecule has 30 heavy (non-hydrogen) atoms. The molecule has 2 heterocycles. The first kappa shape index (κ1) is 19.4. The van der Waals surface area contributed by atoms with Crippen LogP contribution < -0.4 is 0 Å². The fraction of sp³-hybridized carbons (Fsp3) is 0.417. The normalized spacial score (nSPS) is 24.8. The number of ether oxygens (including phenoxy) is 1. The highest BCUT2D eigenvalue weighted by Crippen LogP contribution is 2.47. The van der Waals surface area contributed by atoms with E-state index >= 15 is 0 Å². The SMILES string of the molecule is O=C1O[C@]2(CCN(C(=O)C3(c4ccc(Cl)cc4)CCC3)C2)CN1Cc1ccccc1. The lowest BCUT2D eigenvalue weighted by Gasteiger charge is -2.43. The van der Waals surface area contributed by atoms with Gasteiger partial charge < -0.3 is 9.64 Å². The van der Waals surface area contributed by atoms with Crippen LogP contribution in [0.25, 0.3) is 0 Å². The van der Waals surface area contributed by atoms with Crippen molar-refractivity contribution < 1.29 is 14.3 Å². The van der Waals surface area contributed by atoms with Crippen LogP contribution in [0.3, 0.4) is 0 Å². The van der Waals surface area contributed by atoms with Crippen LogP contribution in [0.15, 0.2) is 54.6 Å². The lowest BCUT2D eigenvalue weighted by molar-refractivity contribution is -0.140. The average molecular weight is 425 g/mol. The van der Waals surface area contributed by atoms with Gasteiger partial charge in [-0.3, -0.25) is 9.69 Å². The molecule has 1 spiro atoms. The molecule has 1 atom stereocenters.